The number of hydrogen-bond acceptors (Lipinski definition) is 4. The fourth-order valence-corrected chi connectivity index (χ4v) is 1.54. The number of aliphatic carboxylic acids is 1. The van der Waals surface area contributed by atoms with Gasteiger partial charge in [0, 0.05) is 6.42 Å². The highest BCUT2D eigenvalue weighted by atomic mass is 19.2. The van der Waals surface area contributed by atoms with Gasteiger partial charge in [-0.25, -0.2) is 13.6 Å². The van der Waals surface area contributed by atoms with Gasteiger partial charge in [0.05, 0.1) is 12.7 Å². The van der Waals surface area contributed by atoms with Crippen molar-refractivity contribution in [1.82, 2.24) is 5.32 Å². The monoisotopic (exact) mass is 301 g/mol. The third kappa shape index (κ3) is 4.51. The quantitative estimate of drug-likeness (QED) is 0.768. The Bertz CT molecular complexity index is 561. The third-order valence-corrected chi connectivity index (χ3v) is 2.66. The maximum absolute atomic E-state index is 13.4. The van der Waals surface area contributed by atoms with Crippen molar-refractivity contribution in [1.29, 1.82) is 0 Å². The first kappa shape index (κ1) is 16.5. The van der Waals surface area contributed by atoms with Crippen LogP contribution in [0.1, 0.15) is 23.2 Å². The standard InChI is InChI=1S/C13H13F2NO5/c1-21-10(17)6-5-9(13(19)20)16-12(18)7-3-2-4-8(14)11(7)15/h2-4,9H,5-6H2,1H3,(H,16,18)(H,19,20)/t9-/m0/s1. The van der Waals surface area contributed by atoms with Crippen LogP contribution in [0.25, 0.3) is 0 Å². The molecule has 0 spiro atoms. The molecule has 0 saturated carbocycles. The lowest BCUT2D eigenvalue weighted by Crippen LogP contribution is -2.41. The molecule has 0 bridgehead atoms. The molecular weight excluding hydrogens is 288 g/mol. The van der Waals surface area contributed by atoms with Crippen molar-refractivity contribution >= 4 is 17.8 Å². The molecule has 0 aliphatic carbocycles. The summed E-state index contributed by atoms with van der Waals surface area (Å²) in [7, 11) is 1.14. The third-order valence-electron chi connectivity index (χ3n) is 2.66. The molecule has 1 amide bonds. The number of amides is 1. The van der Waals surface area contributed by atoms with Crippen LogP contribution in [0.5, 0.6) is 0 Å². The Morgan fingerprint density at radius 2 is 2.00 bits per heavy atom. The summed E-state index contributed by atoms with van der Waals surface area (Å²) in [5.74, 6) is -5.71. The van der Waals surface area contributed by atoms with Crippen molar-refractivity contribution in [3.63, 3.8) is 0 Å². The minimum absolute atomic E-state index is 0.231. The first-order valence-electron chi connectivity index (χ1n) is 5.91. The van der Waals surface area contributed by atoms with Crippen LogP contribution >= 0.6 is 0 Å². The van der Waals surface area contributed by atoms with Gasteiger partial charge in [-0.15, -0.1) is 0 Å². The van der Waals surface area contributed by atoms with Crippen molar-refractivity contribution < 1.29 is 33.0 Å². The second-order valence-corrected chi connectivity index (χ2v) is 4.08. The van der Waals surface area contributed by atoms with Gasteiger partial charge < -0.3 is 15.2 Å². The molecule has 0 unspecified atom stereocenters. The van der Waals surface area contributed by atoms with E-state index < -0.39 is 41.1 Å². The predicted octanol–water partition coefficient (Wildman–Crippen LogP) is 1.10. The van der Waals surface area contributed by atoms with Gasteiger partial charge in [-0.2, -0.15) is 0 Å². The molecule has 1 aromatic rings. The van der Waals surface area contributed by atoms with E-state index in [2.05, 4.69) is 4.74 Å². The lowest BCUT2D eigenvalue weighted by molar-refractivity contribution is -0.142. The van der Waals surface area contributed by atoms with Crippen molar-refractivity contribution in [2.24, 2.45) is 0 Å². The molecule has 1 atom stereocenters. The van der Waals surface area contributed by atoms with Crippen LogP contribution in [0.15, 0.2) is 18.2 Å². The van der Waals surface area contributed by atoms with Gasteiger partial charge >= 0.3 is 11.9 Å². The van der Waals surface area contributed by atoms with E-state index in [4.69, 9.17) is 5.11 Å². The summed E-state index contributed by atoms with van der Waals surface area (Å²) < 4.78 is 30.8. The van der Waals surface area contributed by atoms with E-state index in [-0.39, 0.29) is 12.8 Å². The van der Waals surface area contributed by atoms with E-state index in [1.165, 1.54) is 0 Å². The Hall–Kier alpha value is -2.51. The molecule has 21 heavy (non-hydrogen) atoms. The summed E-state index contributed by atoms with van der Waals surface area (Å²) in [5, 5.41) is 11.0. The van der Waals surface area contributed by atoms with E-state index >= 15 is 0 Å². The van der Waals surface area contributed by atoms with Gasteiger partial charge in [0.25, 0.3) is 5.91 Å². The Kier molecular flexibility index (Phi) is 5.77. The summed E-state index contributed by atoms with van der Waals surface area (Å²) in [6.45, 7) is 0. The summed E-state index contributed by atoms with van der Waals surface area (Å²) in [4.78, 5) is 33.7. The minimum atomic E-state index is -1.42. The number of benzene rings is 1. The van der Waals surface area contributed by atoms with E-state index in [0.717, 1.165) is 25.3 Å². The number of hydrogen-bond donors (Lipinski definition) is 2. The maximum Gasteiger partial charge on any atom is 0.326 e. The zero-order valence-electron chi connectivity index (χ0n) is 11.1. The summed E-state index contributed by atoms with van der Waals surface area (Å²) >= 11 is 0. The van der Waals surface area contributed by atoms with Crippen molar-refractivity contribution in [3.8, 4) is 0 Å². The number of ether oxygens (including phenoxy) is 1. The number of rotatable bonds is 6. The van der Waals surface area contributed by atoms with Gasteiger partial charge in [-0.3, -0.25) is 9.59 Å². The number of carbonyl (C=O) groups excluding carboxylic acids is 2. The topological polar surface area (TPSA) is 92.7 Å². The minimum Gasteiger partial charge on any atom is -0.480 e. The number of esters is 1. The van der Waals surface area contributed by atoms with E-state index in [9.17, 15) is 23.2 Å². The average molecular weight is 301 g/mol. The molecule has 6 nitrogen and oxygen atoms in total. The van der Waals surface area contributed by atoms with Crippen LogP contribution in [-0.4, -0.2) is 36.1 Å². The second kappa shape index (κ2) is 7.32. The van der Waals surface area contributed by atoms with Gasteiger partial charge in [-0.1, -0.05) is 6.07 Å². The highest BCUT2D eigenvalue weighted by Gasteiger charge is 2.24. The van der Waals surface area contributed by atoms with Crippen molar-refractivity contribution in [2.75, 3.05) is 7.11 Å². The van der Waals surface area contributed by atoms with Crippen LogP contribution in [0, 0.1) is 11.6 Å². The molecule has 0 aliphatic rings. The summed E-state index contributed by atoms with van der Waals surface area (Å²) in [6, 6.07) is 1.56. The highest BCUT2D eigenvalue weighted by molar-refractivity contribution is 5.96. The smallest absolute Gasteiger partial charge is 0.326 e. The Balaban J connectivity index is 2.79. The molecule has 1 aromatic carbocycles. The zero-order chi connectivity index (χ0) is 16.0. The SMILES string of the molecule is COC(=O)CC[C@H](NC(=O)c1cccc(F)c1F)C(=O)O. The fourth-order valence-electron chi connectivity index (χ4n) is 1.54. The maximum atomic E-state index is 13.4. The number of carbonyl (C=O) groups is 3. The molecule has 0 heterocycles. The summed E-state index contributed by atoms with van der Waals surface area (Å²) in [5.41, 5.74) is -0.612. The van der Waals surface area contributed by atoms with E-state index in [1.54, 1.807) is 0 Å². The first-order chi connectivity index (χ1) is 9.86. The number of halogens is 2. The molecule has 114 valence electrons. The van der Waals surface area contributed by atoms with Crippen molar-refractivity contribution in [2.45, 2.75) is 18.9 Å². The normalized spacial score (nSPS) is 11.6. The molecule has 0 aliphatic heterocycles. The van der Waals surface area contributed by atoms with Crippen molar-refractivity contribution in [3.05, 3.63) is 35.4 Å². The molecule has 1 rings (SSSR count). The van der Waals surface area contributed by atoms with Crippen LogP contribution in [0.3, 0.4) is 0 Å². The number of carboxylic acid groups (broad SMARTS) is 1. The zero-order valence-corrected chi connectivity index (χ0v) is 11.1. The molecule has 0 saturated heterocycles. The Morgan fingerprint density at radius 3 is 2.57 bits per heavy atom. The van der Waals surface area contributed by atoms with Gasteiger partial charge in [-0.05, 0) is 18.6 Å². The Labute approximate surface area is 118 Å². The molecule has 8 heteroatoms. The lowest BCUT2D eigenvalue weighted by Gasteiger charge is -2.14. The molecule has 0 radical (unpaired) electrons. The van der Waals surface area contributed by atoms with Crippen LogP contribution in [-0.2, 0) is 14.3 Å². The number of nitrogens with one attached hydrogen (secondary N) is 1. The average Bonchev–Trinajstić information content (AvgIpc) is 2.45. The molecule has 2 N–H and O–H groups in total. The van der Waals surface area contributed by atoms with Gasteiger partial charge in [0.2, 0.25) is 0 Å². The second-order valence-electron chi connectivity index (χ2n) is 4.08. The first-order valence-corrected chi connectivity index (χ1v) is 5.91. The highest BCUT2D eigenvalue weighted by Crippen LogP contribution is 2.12. The molecule has 0 fully saturated rings. The fraction of sp³-hybridized carbons (Fsp3) is 0.308. The molecule has 0 aromatic heterocycles. The van der Waals surface area contributed by atoms with Gasteiger partial charge in [0.15, 0.2) is 11.6 Å². The lowest BCUT2D eigenvalue weighted by atomic mass is 10.1. The largest absolute Gasteiger partial charge is 0.480 e. The number of carboxylic acids is 1. The number of methoxy groups -OCH3 is 1. The van der Waals surface area contributed by atoms with Crippen LogP contribution < -0.4 is 5.32 Å². The van der Waals surface area contributed by atoms with E-state index in [0.29, 0.717) is 0 Å². The van der Waals surface area contributed by atoms with Crippen LogP contribution in [0.4, 0.5) is 8.78 Å². The Morgan fingerprint density at radius 1 is 1.33 bits per heavy atom. The molecular formula is C13H13F2NO5. The van der Waals surface area contributed by atoms with Crippen LogP contribution in [0.2, 0.25) is 0 Å². The van der Waals surface area contributed by atoms with E-state index in [1.807, 2.05) is 5.32 Å². The summed E-state index contributed by atoms with van der Waals surface area (Å²) in [6.07, 6.45) is -0.468. The van der Waals surface area contributed by atoms with Gasteiger partial charge in [0.1, 0.15) is 6.04 Å². The predicted molar refractivity (Wildman–Crippen MR) is 66.5 cm³/mol.